The maximum atomic E-state index is 12.1. The topological polar surface area (TPSA) is 87.5 Å². The summed E-state index contributed by atoms with van der Waals surface area (Å²) in [5.74, 6) is -0.166. The third-order valence-electron chi connectivity index (χ3n) is 3.78. The molecule has 1 heterocycles. The standard InChI is InChI=1S/C18H24N4O3/c1-13(17(23)19-2)10-20-18(24)16-9-15(25-21-16)12-22(3)11-14-7-5-4-6-8-14/h4-9,13H,10-12H2,1-3H3,(H,19,23)(H,20,24)/t13-/m1/s1. The summed E-state index contributed by atoms with van der Waals surface area (Å²) in [4.78, 5) is 25.6. The summed E-state index contributed by atoms with van der Waals surface area (Å²) in [7, 11) is 3.54. The Morgan fingerprint density at radius 3 is 2.64 bits per heavy atom. The van der Waals surface area contributed by atoms with Gasteiger partial charge in [-0.2, -0.15) is 0 Å². The molecular formula is C18H24N4O3. The van der Waals surface area contributed by atoms with Gasteiger partial charge in [0.2, 0.25) is 5.91 Å². The van der Waals surface area contributed by atoms with Crippen LogP contribution < -0.4 is 10.6 Å². The van der Waals surface area contributed by atoms with Crippen molar-refractivity contribution in [3.05, 3.63) is 53.4 Å². The third-order valence-corrected chi connectivity index (χ3v) is 3.78. The van der Waals surface area contributed by atoms with Gasteiger partial charge in [-0.3, -0.25) is 14.5 Å². The summed E-state index contributed by atoms with van der Waals surface area (Å²) >= 11 is 0. The number of nitrogens with one attached hydrogen (secondary N) is 2. The van der Waals surface area contributed by atoms with Crippen LogP contribution in [0, 0.1) is 5.92 Å². The van der Waals surface area contributed by atoms with Gasteiger partial charge in [0.05, 0.1) is 12.5 Å². The normalized spacial score (nSPS) is 12.0. The van der Waals surface area contributed by atoms with Gasteiger partial charge in [-0.1, -0.05) is 42.4 Å². The number of rotatable bonds is 8. The molecule has 7 nitrogen and oxygen atoms in total. The highest BCUT2D eigenvalue weighted by atomic mass is 16.5. The van der Waals surface area contributed by atoms with Crippen LogP contribution in [-0.2, 0) is 17.9 Å². The van der Waals surface area contributed by atoms with Crippen molar-refractivity contribution >= 4 is 11.8 Å². The van der Waals surface area contributed by atoms with Crippen LogP contribution in [-0.4, -0.2) is 42.5 Å². The SMILES string of the molecule is CNC(=O)[C@H](C)CNC(=O)c1cc(CN(C)Cc2ccccc2)on1. The Balaban J connectivity index is 1.84. The van der Waals surface area contributed by atoms with Crippen molar-refractivity contribution in [2.45, 2.75) is 20.0 Å². The van der Waals surface area contributed by atoms with Crippen LogP contribution in [0.3, 0.4) is 0 Å². The smallest absolute Gasteiger partial charge is 0.273 e. The Kier molecular flexibility index (Phi) is 6.71. The highest BCUT2D eigenvalue weighted by Crippen LogP contribution is 2.10. The van der Waals surface area contributed by atoms with E-state index >= 15 is 0 Å². The molecule has 2 amide bonds. The Labute approximate surface area is 147 Å². The van der Waals surface area contributed by atoms with Crippen LogP contribution in [0.25, 0.3) is 0 Å². The van der Waals surface area contributed by atoms with E-state index in [0.717, 1.165) is 6.54 Å². The molecule has 2 aromatic rings. The first-order chi connectivity index (χ1) is 12.0. The van der Waals surface area contributed by atoms with E-state index in [-0.39, 0.29) is 30.0 Å². The minimum atomic E-state index is -0.350. The molecule has 0 aliphatic rings. The number of carbonyl (C=O) groups excluding carboxylic acids is 2. The monoisotopic (exact) mass is 344 g/mol. The van der Waals surface area contributed by atoms with E-state index < -0.39 is 0 Å². The number of carbonyl (C=O) groups is 2. The molecule has 25 heavy (non-hydrogen) atoms. The van der Waals surface area contributed by atoms with E-state index in [1.54, 1.807) is 20.0 Å². The molecule has 2 rings (SSSR count). The van der Waals surface area contributed by atoms with Gasteiger partial charge in [0, 0.05) is 26.2 Å². The number of amides is 2. The highest BCUT2D eigenvalue weighted by molar-refractivity contribution is 5.92. The van der Waals surface area contributed by atoms with E-state index in [0.29, 0.717) is 12.3 Å². The second-order valence-corrected chi connectivity index (χ2v) is 6.06. The molecule has 1 aromatic carbocycles. The van der Waals surface area contributed by atoms with Crippen molar-refractivity contribution in [2.24, 2.45) is 5.92 Å². The summed E-state index contributed by atoms with van der Waals surface area (Å²) in [6, 6.07) is 11.7. The highest BCUT2D eigenvalue weighted by Gasteiger charge is 2.16. The molecule has 0 radical (unpaired) electrons. The molecular weight excluding hydrogens is 320 g/mol. The molecule has 1 atom stereocenters. The van der Waals surface area contributed by atoms with E-state index in [1.807, 2.05) is 25.2 Å². The predicted octanol–water partition coefficient (Wildman–Crippen LogP) is 1.42. The Hall–Kier alpha value is -2.67. The van der Waals surface area contributed by atoms with Crippen LogP contribution in [0.1, 0.15) is 28.7 Å². The lowest BCUT2D eigenvalue weighted by Crippen LogP contribution is -2.36. The Morgan fingerprint density at radius 2 is 1.96 bits per heavy atom. The number of aromatic nitrogens is 1. The summed E-state index contributed by atoms with van der Waals surface area (Å²) in [6.07, 6.45) is 0. The van der Waals surface area contributed by atoms with E-state index in [1.165, 1.54) is 5.56 Å². The lowest BCUT2D eigenvalue weighted by atomic mass is 10.1. The van der Waals surface area contributed by atoms with Crippen LogP contribution in [0.15, 0.2) is 40.9 Å². The first-order valence-corrected chi connectivity index (χ1v) is 8.17. The summed E-state index contributed by atoms with van der Waals surface area (Å²) in [6.45, 7) is 3.30. The zero-order chi connectivity index (χ0) is 18.2. The number of hydrogen-bond acceptors (Lipinski definition) is 5. The van der Waals surface area contributed by atoms with Gasteiger partial charge in [0.15, 0.2) is 11.5 Å². The number of nitrogens with zero attached hydrogens (tertiary/aromatic N) is 2. The average molecular weight is 344 g/mol. The van der Waals surface area contributed by atoms with E-state index in [2.05, 4.69) is 32.8 Å². The fourth-order valence-electron chi connectivity index (χ4n) is 2.39. The van der Waals surface area contributed by atoms with Gasteiger partial charge in [-0.05, 0) is 12.6 Å². The predicted molar refractivity (Wildman–Crippen MR) is 93.7 cm³/mol. The van der Waals surface area contributed by atoms with Gasteiger partial charge in [0.1, 0.15) is 0 Å². The first-order valence-electron chi connectivity index (χ1n) is 8.17. The third kappa shape index (κ3) is 5.72. The van der Waals surface area contributed by atoms with Gasteiger partial charge >= 0.3 is 0 Å². The van der Waals surface area contributed by atoms with Crippen molar-refractivity contribution < 1.29 is 14.1 Å². The van der Waals surface area contributed by atoms with Gasteiger partial charge in [0.25, 0.3) is 5.91 Å². The molecule has 0 saturated carbocycles. The Morgan fingerprint density at radius 1 is 1.24 bits per heavy atom. The minimum absolute atomic E-state index is 0.122. The van der Waals surface area contributed by atoms with E-state index in [9.17, 15) is 9.59 Å². The fourth-order valence-corrected chi connectivity index (χ4v) is 2.39. The molecule has 2 N–H and O–H groups in total. The largest absolute Gasteiger partial charge is 0.359 e. The zero-order valence-electron chi connectivity index (χ0n) is 14.8. The maximum Gasteiger partial charge on any atom is 0.273 e. The molecule has 7 heteroatoms. The quantitative estimate of drug-likeness (QED) is 0.756. The lowest BCUT2D eigenvalue weighted by Gasteiger charge is -2.14. The lowest BCUT2D eigenvalue weighted by molar-refractivity contribution is -0.123. The van der Waals surface area contributed by atoms with Gasteiger partial charge < -0.3 is 15.2 Å². The number of benzene rings is 1. The molecule has 0 saturated heterocycles. The van der Waals surface area contributed by atoms with Crippen LogP contribution in [0.4, 0.5) is 0 Å². The Bertz CT molecular complexity index is 699. The molecule has 0 spiro atoms. The average Bonchev–Trinajstić information content (AvgIpc) is 3.07. The van der Waals surface area contributed by atoms with Gasteiger partial charge in [-0.15, -0.1) is 0 Å². The molecule has 0 aliphatic heterocycles. The first kappa shape index (κ1) is 18.7. The molecule has 0 bridgehead atoms. The fraction of sp³-hybridized carbons (Fsp3) is 0.389. The van der Waals surface area contributed by atoms with Crippen LogP contribution >= 0.6 is 0 Å². The molecule has 1 aromatic heterocycles. The van der Waals surface area contributed by atoms with Crippen molar-refractivity contribution in [3.8, 4) is 0 Å². The van der Waals surface area contributed by atoms with Gasteiger partial charge in [-0.25, -0.2) is 0 Å². The summed E-state index contributed by atoms with van der Waals surface area (Å²) in [5.41, 5.74) is 1.41. The number of hydrogen-bond donors (Lipinski definition) is 2. The van der Waals surface area contributed by atoms with Crippen molar-refractivity contribution in [3.63, 3.8) is 0 Å². The van der Waals surface area contributed by atoms with Crippen LogP contribution in [0.2, 0.25) is 0 Å². The zero-order valence-corrected chi connectivity index (χ0v) is 14.8. The molecule has 0 unspecified atom stereocenters. The van der Waals surface area contributed by atoms with Crippen molar-refractivity contribution in [1.82, 2.24) is 20.7 Å². The summed E-state index contributed by atoms with van der Waals surface area (Å²) < 4.78 is 5.24. The molecule has 0 fully saturated rings. The summed E-state index contributed by atoms with van der Waals surface area (Å²) in [5, 5.41) is 9.03. The maximum absolute atomic E-state index is 12.1. The van der Waals surface area contributed by atoms with E-state index in [4.69, 9.17) is 4.52 Å². The van der Waals surface area contributed by atoms with Crippen LogP contribution in [0.5, 0.6) is 0 Å². The molecule has 0 aliphatic carbocycles. The molecule has 134 valence electrons. The van der Waals surface area contributed by atoms with Crippen molar-refractivity contribution in [1.29, 1.82) is 0 Å². The minimum Gasteiger partial charge on any atom is -0.359 e. The second-order valence-electron chi connectivity index (χ2n) is 6.06. The second kappa shape index (κ2) is 8.98. The van der Waals surface area contributed by atoms with Crippen molar-refractivity contribution in [2.75, 3.05) is 20.6 Å².